The Balaban J connectivity index is 2.42. The summed E-state index contributed by atoms with van der Waals surface area (Å²) in [5, 5.41) is 2.71. The van der Waals surface area contributed by atoms with E-state index in [2.05, 4.69) is 8.85 Å². The maximum absolute atomic E-state index is 10.6. The highest BCUT2D eigenvalue weighted by molar-refractivity contribution is 14.1. The number of carbonyl (C=O) groups is 1. The molecular weight excluding hydrogens is 219 g/mol. The quantitative estimate of drug-likeness (QED) is 0.480. The molecule has 0 spiro atoms. The molecule has 8 heavy (non-hydrogen) atoms. The Morgan fingerprint density at radius 3 is 2.88 bits per heavy atom. The third-order valence-corrected chi connectivity index (χ3v) is 1.93. The summed E-state index contributed by atoms with van der Waals surface area (Å²) in [5.74, 6) is 0.124. The van der Waals surface area contributed by atoms with Crippen molar-refractivity contribution in [3.05, 3.63) is 0 Å². The minimum atomic E-state index is 0.0515. The molecule has 1 fully saturated rings. The second-order valence-electron chi connectivity index (χ2n) is 1.74. The number of hydrogen-bond acceptors (Lipinski definition) is 2. The molecular formula is C4H7IN2O. The van der Waals surface area contributed by atoms with Gasteiger partial charge in [0.2, 0.25) is 5.91 Å². The van der Waals surface area contributed by atoms with Crippen LogP contribution in [-0.2, 0) is 4.79 Å². The number of hydrogen-bond donors (Lipinski definition) is 2. The van der Waals surface area contributed by atoms with Crippen molar-refractivity contribution in [2.24, 2.45) is 0 Å². The van der Waals surface area contributed by atoms with Gasteiger partial charge in [0.25, 0.3) is 0 Å². The Morgan fingerprint density at radius 1 is 1.88 bits per heavy atom. The van der Waals surface area contributed by atoms with Crippen LogP contribution in [0.15, 0.2) is 0 Å². The zero-order valence-corrected chi connectivity index (χ0v) is 6.44. The summed E-state index contributed by atoms with van der Waals surface area (Å²) in [5.41, 5.74) is 0. The summed E-state index contributed by atoms with van der Waals surface area (Å²) >= 11 is 1.99. The monoisotopic (exact) mass is 226 g/mol. The molecule has 0 aliphatic carbocycles. The van der Waals surface area contributed by atoms with Crippen LogP contribution in [0.2, 0.25) is 0 Å². The molecule has 1 saturated heterocycles. The van der Waals surface area contributed by atoms with Gasteiger partial charge < -0.3 is 5.32 Å². The molecule has 1 unspecified atom stereocenters. The summed E-state index contributed by atoms with van der Waals surface area (Å²) in [6.45, 7) is 0.819. The summed E-state index contributed by atoms with van der Waals surface area (Å²) in [6, 6.07) is 0.0515. The first-order chi connectivity index (χ1) is 3.84. The molecule has 0 radical (unpaired) electrons. The summed E-state index contributed by atoms with van der Waals surface area (Å²) in [7, 11) is 0. The molecule has 1 atom stereocenters. The fraction of sp³-hybridized carbons (Fsp3) is 0.750. The Kier molecular flexibility index (Phi) is 2.07. The minimum absolute atomic E-state index is 0.0515. The smallest absolute Gasteiger partial charge is 0.237 e. The Labute approximate surface area is 61.7 Å². The van der Waals surface area contributed by atoms with Crippen molar-refractivity contribution in [3.8, 4) is 0 Å². The fourth-order valence-electron chi connectivity index (χ4n) is 0.698. The number of rotatable bonds is 1. The predicted molar refractivity (Wildman–Crippen MR) is 38.6 cm³/mol. The first-order valence-electron chi connectivity index (χ1n) is 2.48. The largest absolute Gasteiger partial charge is 0.355 e. The van der Waals surface area contributed by atoms with E-state index in [0.29, 0.717) is 0 Å². The average molecular weight is 226 g/mol. The van der Waals surface area contributed by atoms with Crippen LogP contribution < -0.4 is 8.85 Å². The van der Waals surface area contributed by atoms with E-state index >= 15 is 0 Å². The maximum atomic E-state index is 10.6. The van der Waals surface area contributed by atoms with Gasteiger partial charge in [-0.3, -0.25) is 4.79 Å². The van der Waals surface area contributed by atoms with Crippen LogP contribution in [0.1, 0.15) is 6.42 Å². The lowest BCUT2D eigenvalue weighted by molar-refractivity contribution is -0.120. The van der Waals surface area contributed by atoms with Gasteiger partial charge in [0, 0.05) is 29.4 Å². The summed E-state index contributed by atoms with van der Waals surface area (Å²) < 4.78 is 2.87. The van der Waals surface area contributed by atoms with E-state index < -0.39 is 0 Å². The van der Waals surface area contributed by atoms with E-state index in [0.717, 1.165) is 13.0 Å². The molecule has 1 heterocycles. The molecule has 1 amide bonds. The Hall–Kier alpha value is 0.160. The van der Waals surface area contributed by atoms with Gasteiger partial charge in [-0.1, -0.05) is 0 Å². The normalized spacial score (nSPS) is 28.1. The molecule has 0 saturated carbocycles. The lowest BCUT2D eigenvalue weighted by Crippen LogP contribution is -2.29. The van der Waals surface area contributed by atoms with Gasteiger partial charge in [-0.05, 0) is 6.42 Å². The first-order valence-corrected chi connectivity index (χ1v) is 3.56. The summed E-state index contributed by atoms with van der Waals surface area (Å²) in [4.78, 5) is 10.6. The zero-order valence-electron chi connectivity index (χ0n) is 4.28. The number of nitrogens with one attached hydrogen (secondary N) is 2. The second kappa shape index (κ2) is 2.63. The number of amides is 1. The zero-order chi connectivity index (χ0) is 5.98. The second-order valence-corrected chi connectivity index (χ2v) is 2.36. The number of carbonyl (C=O) groups excluding carboxylic acids is 1. The fourth-order valence-corrected chi connectivity index (χ4v) is 1.29. The standard InChI is InChI=1S/C4H7IN2O/c5-7-3-1-2-6-4(3)8/h3,7H,1-2H2,(H,6,8). The van der Waals surface area contributed by atoms with Crippen molar-refractivity contribution in [1.82, 2.24) is 8.85 Å². The van der Waals surface area contributed by atoms with Crippen molar-refractivity contribution in [2.45, 2.75) is 12.5 Å². The van der Waals surface area contributed by atoms with Crippen LogP contribution in [0.3, 0.4) is 0 Å². The van der Waals surface area contributed by atoms with Crippen molar-refractivity contribution < 1.29 is 4.79 Å². The first kappa shape index (κ1) is 6.28. The van der Waals surface area contributed by atoms with E-state index in [9.17, 15) is 4.79 Å². The highest BCUT2D eigenvalue weighted by Gasteiger charge is 2.21. The van der Waals surface area contributed by atoms with E-state index in [1.54, 1.807) is 0 Å². The van der Waals surface area contributed by atoms with E-state index in [1.807, 2.05) is 22.9 Å². The van der Waals surface area contributed by atoms with Crippen LogP contribution in [0.4, 0.5) is 0 Å². The third kappa shape index (κ3) is 1.11. The SMILES string of the molecule is O=C1NCCC1NI. The minimum Gasteiger partial charge on any atom is -0.355 e. The molecule has 1 aliphatic heterocycles. The molecule has 0 aromatic heterocycles. The molecule has 0 bridgehead atoms. The lowest BCUT2D eigenvalue weighted by atomic mass is 10.3. The molecule has 4 heteroatoms. The van der Waals surface area contributed by atoms with Crippen LogP contribution >= 0.6 is 22.9 Å². The van der Waals surface area contributed by atoms with Gasteiger partial charge in [0.15, 0.2) is 0 Å². The Morgan fingerprint density at radius 2 is 2.62 bits per heavy atom. The predicted octanol–water partition coefficient (Wildman–Crippen LogP) is -0.186. The number of halogens is 1. The molecule has 0 aromatic carbocycles. The van der Waals surface area contributed by atoms with Crippen molar-refractivity contribution in [2.75, 3.05) is 6.54 Å². The van der Waals surface area contributed by atoms with E-state index in [-0.39, 0.29) is 11.9 Å². The molecule has 46 valence electrons. The highest BCUT2D eigenvalue weighted by Crippen LogP contribution is 1.99. The molecule has 1 rings (SSSR count). The van der Waals surface area contributed by atoms with Crippen LogP contribution in [-0.4, -0.2) is 18.5 Å². The van der Waals surface area contributed by atoms with Crippen LogP contribution in [0.25, 0.3) is 0 Å². The van der Waals surface area contributed by atoms with Crippen molar-refractivity contribution in [1.29, 1.82) is 0 Å². The Bertz CT molecular complexity index is 106. The van der Waals surface area contributed by atoms with Gasteiger partial charge in [-0.2, -0.15) is 0 Å². The van der Waals surface area contributed by atoms with Gasteiger partial charge >= 0.3 is 0 Å². The molecule has 2 N–H and O–H groups in total. The van der Waals surface area contributed by atoms with Gasteiger partial charge in [-0.15, -0.1) is 0 Å². The highest BCUT2D eigenvalue weighted by atomic mass is 127. The maximum Gasteiger partial charge on any atom is 0.237 e. The van der Waals surface area contributed by atoms with Gasteiger partial charge in [-0.25, -0.2) is 3.53 Å². The lowest BCUT2D eigenvalue weighted by Gasteiger charge is -1.98. The third-order valence-electron chi connectivity index (χ3n) is 1.18. The molecule has 0 aromatic rings. The topological polar surface area (TPSA) is 41.1 Å². The summed E-state index contributed by atoms with van der Waals surface area (Å²) in [6.07, 6.45) is 0.918. The van der Waals surface area contributed by atoms with E-state index in [4.69, 9.17) is 0 Å². The average Bonchev–Trinajstić information content (AvgIpc) is 2.14. The molecule has 1 aliphatic rings. The van der Waals surface area contributed by atoms with Crippen LogP contribution in [0, 0.1) is 0 Å². The van der Waals surface area contributed by atoms with Gasteiger partial charge in [0.05, 0.1) is 6.04 Å². The van der Waals surface area contributed by atoms with E-state index in [1.165, 1.54) is 0 Å². The van der Waals surface area contributed by atoms with Gasteiger partial charge in [0.1, 0.15) is 0 Å². The van der Waals surface area contributed by atoms with Crippen molar-refractivity contribution >= 4 is 28.8 Å². The molecule has 3 nitrogen and oxygen atoms in total. The van der Waals surface area contributed by atoms with Crippen molar-refractivity contribution in [3.63, 3.8) is 0 Å². The van der Waals surface area contributed by atoms with Crippen LogP contribution in [0.5, 0.6) is 0 Å².